The van der Waals surface area contributed by atoms with E-state index in [1.54, 1.807) is 6.07 Å². The fourth-order valence-corrected chi connectivity index (χ4v) is 6.02. The van der Waals surface area contributed by atoms with Crippen LogP contribution in [-0.2, 0) is 0 Å². The number of aromatic nitrogens is 4. The number of hydrogen-bond acceptors (Lipinski definition) is 10. The van der Waals surface area contributed by atoms with Crippen LogP contribution in [0.4, 0.5) is 11.5 Å². The van der Waals surface area contributed by atoms with Crippen molar-refractivity contribution in [2.45, 2.75) is 50.9 Å². The molecule has 0 unspecified atom stereocenters. The van der Waals surface area contributed by atoms with E-state index < -0.39 is 5.91 Å². The molecule has 0 spiro atoms. The normalized spacial score (nSPS) is 28.0. The molecule has 5 aliphatic rings. The standard InChI is InChI=1S/C26H30N8O3/c27-11-16-5-17(16)13-37-25-31-19(20(35)10-26-7-14(8-26)9-26)6-21(32-25)34-3-1-15(2-4-34)24-30-12-18(28)22(33-24)23(29)36/h6,12,14-17H,1-5,7-10,13,28H2,(H2,29,36)/t14?,16-,17+,26?/m0/s1. The molecule has 1 amide bonds. The van der Waals surface area contributed by atoms with Crippen LogP contribution in [0.5, 0.6) is 6.01 Å². The van der Waals surface area contributed by atoms with E-state index >= 15 is 0 Å². The number of anilines is 2. The zero-order valence-electron chi connectivity index (χ0n) is 20.6. The molecular weight excluding hydrogens is 472 g/mol. The molecule has 7 rings (SSSR count). The predicted octanol–water partition coefficient (Wildman–Crippen LogP) is 2.24. The molecular formula is C26H30N8O3. The number of hydrogen-bond donors (Lipinski definition) is 2. The number of carbonyl (C=O) groups is 2. The minimum Gasteiger partial charge on any atom is -0.463 e. The van der Waals surface area contributed by atoms with E-state index in [-0.39, 0.29) is 46.3 Å². The second-order valence-electron chi connectivity index (χ2n) is 11.2. The average Bonchev–Trinajstić information content (AvgIpc) is 3.63. The monoisotopic (exact) mass is 502 g/mol. The number of nitrogens with two attached hydrogens (primary N) is 2. The summed E-state index contributed by atoms with van der Waals surface area (Å²) < 4.78 is 5.87. The second-order valence-corrected chi connectivity index (χ2v) is 11.2. The van der Waals surface area contributed by atoms with E-state index in [1.807, 2.05) is 0 Å². The Labute approximate surface area is 214 Å². The van der Waals surface area contributed by atoms with Crippen molar-refractivity contribution >= 4 is 23.2 Å². The fraction of sp³-hybridized carbons (Fsp3) is 0.577. The Balaban J connectivity index is 1.17. The van der Waals surface area contributed by atoms with Gasteiger partial charge in [0, 0.05) is 37.4 Å². The van der Waals surface area contributed by atoms with E-state index in [0.29, 0.717) is 43.5 Å². The van der Waals surface area contributed by atoms with Crippen LogP contribution in [0.25, 0.3) is 0 Å². The summed E-state index contributed by atoms with van der Waals surface area (Å²) in [6, 6.07) is 4.24. The average molecular weight is 503 g/mol. The molecule has 4 saturated carbocycles. The van der Waals surface area contributed by atoms with Crippen molar-refractivity contribution in [3.63, 3.8) is 0 Å². The number of ether oxygens (including phenoxy) is 1. The smallest absolute Gasteiger partial charge is 0.319 e. The van der Waals surface area contributed by atoms with Gasteiger partial charge in [-0.05, 0) is 49.9 Å². The maximum absolute atomic E-state index is 13.2. The molecule has 11 heteroatoms. The third kappa shape index (κ3) is 4.56. The lowest BCUT2D eigenvalue weighted by Gasteiger charge is -2.61. The van der Waals surface area contributed by atoms with Crippen LogP contribution in [0.15, 0.2) is 12.3 Å². The molecule has 11 nitrogen and oxygen atoms in total. The van der Waals surface area contributed by atoms with Gasteiger partial charge in [-0.2, -0.15) is 15.2 Å². The molecule has 4 N–H and O–H groups in total. The maximum Gasteiger partial charge on any atom is 0.319 e. The van der Waals surface area contributed by atoms with Crippen LogP contribution in [0, 0.1) is 34.5 Å². The number of nitrogens with zero attached hydrogens (tertiary/aromatic N) is 6. The highest BCUT2D eigenvalue weighted by atomic mass is 16.5. The van der Waals surface area contributed by atoms with E-state index in [9.17, 15) is 9.59 Å². The van der Waals surface area contributed by atoms with Gasteiger partial charge in [-0.1, -0.05) is 0 Å². The Hall–Kier alpha value is -3.81. The van der Waals surface area contributed by atoms with Gasteiger partial charge in [0.1, 0.15) is 17.3 Å². The number of rotatable bonds is 9. The van der Waals surface area contributed by atoms with Crippen molar-refractivity contribution in [1.82, 2.24) is 19.9 Å². The van der Waals surface area contributed by atoms with Crippen LogP contribution in [-0.4, -0.2) is 51.3 Å². The van der Waals surface area contributed by atoms with E-state index in [1.165, 1.54) is 6.20 Å². The Bertz CT molecular complexity index is 1280. The molecule has 2 bridgehead atoms. The van der Waals surface area contributed by atoms with Gasteiger partial charge in [0.2, 0.25) is 0 Å². The van der Waals surface area contributed by atoms with Crippen LogP contribution < -0.4 is 21.1 Å². The fourth-order valence-electron chi connectivity index (χ4n) is 6.02. The molecule has 4 aliphatic carbocycles. The number of Topliss-reactive ketones (excluding diaryl/α,β-unsaturated/α-hetero) is 1. The van der Waals surface area contributed by atoms with Gasteiger partial charge in [0.05, 0.1) is 30.5 Å². The zero-order valence-corrected chi connectivity index (χ0v) is 20.6. The molecule has 0 radical (unpaired) electrons. The van der Waals surface area contributed by atoms with Crippen molar-refractivity contribution < 1.29 is 14.3 Å². The highest BCUT2D eigenvalue weighted by molar-refractivity contribution is 5.96. The number of ketones is 1. The quantitative estimate of drug-likeness (QED) is 0.484. The number of nitriles is 1. The molecule has 37 heavy (non-hydrogen) atoms. The first kappa shape index (κ1) is 23.6. The summed E-state index contributed by atoms with van der Waals surface area (Å²) in [5, 5.41) is 9.08. The van der Waals surface area contributed by atoms with E-state index in [4.69, 9.17) is 21.5 Å². The first-order chi connectivity index (χ1) is 17.8. The molecule has 2 aromatic heterocycles. The summed E-state index contributed by atoms with van der Waals surface area (Å²) in [5.41, 5.74) is 12.0. The summed E-state index contributed by atoms with van der Waals surface area (Å²) in [5.74, 6) is 1.66. The molecule has 192 valence electrons. The molecule has 1 aliphatic heterocycles. The van der Waals surface area contributed by atoms with Crippen LogP contribution >= 0.6 is 0 Å². The van der Waals surface area contributed by atoms with Gasteiger partial charge in [-0.3, -0.25) is 9.59 Å². The molecule has 1 saturated heterocycles. The lowest BCUT2D eigenvalue weighted by molar-refractivity contribution is -0.103. The van der Waals surface area contributed by atoms with Crippen molar-refractivity contribution in [3.05, 3.63) is 29.5 Å². The van der Waals surface area contributed by atoms with E-state index in [2.05, 4.69) is 30.9 Å². The Kier molecular flexibility index (Phi) is 5.70. The largest absolute Gasteiger partial charge is 0.463 e. The summed E-state index contributed by atoms with van der Waals surface area (Å²) in [6.45, 7) is 1.71. The summed E-state index contributed by atoms with van der Waals surface area (Å²) in [6.07, 6.45) is 7.70. The van der Waals surface area contributed by atoms with Gasteiger partial charge < -0.3 is 21.1 Å². The molecule has 5 fully saturated rings. The zero-order chi connectivity index (χ0) is 25.7. The Morgan fingerprint density at radius 3 is 2.57 bits per heavy atom. The maximum atomic E-state index is 13.2. The number of piperidine rings is 1. The van der Waals surface area contributed by atoms with Gasteiger partial charge in [0.15, 0.2) is 11.5 Å². The second kappa shape index (κ2) is 8.94. The minimum absolute atomic E-state index is 0.0261. The number of primary amides is 1. The molecule has 2 aromatic rings. The van der Waals surface area contributed by atoms with Crippen molar-refractivity contribution in [1.29, 1.82) is 5.26 Å². The molecule has 2 atom stereocenters. The lowest BCUT2D eigenvalue weighted by Crippen LogP contribution is -2.52. The summed E-state index contributed by atoms with van der Waals surface area (Å²) >= 11 is 0. The Morgan fingerprint density at radius 2 is 1.95 bits per heavy atom. The predicted molar refractivity (Wildman–Crippen MR) is 133 cm³/mol. The molecule has 3 heterocycles. The van der Waals surface area contributed by atoms with Gasteiger partial charge in [-0.15, -0.1) is 0 Å². The number of nitrogen functional groups attached to an aromatic ring is 1. The number of amides is 1. The minimum atomic E-state index is -0.671. The summed E-state index contributed by atoms with van der Waals surface area (Å²) in [7, 11) is 0. The van der Waals surface area contributed by atoms with Crippen molar-refractivity contribution in [2.24, 2.45) is 28.9 Å². The van der Waals surface area contributed by atoms with E-state index in [0.717, 1.165) is 44.4 Å². The topological polar surface area (TPSA) is 174 Å². The van der Waals surface area contributed by atoms with Gasteiger partial charge in [-0.25, -0.2) is 9.97 Å². The summed E-state index contributed by atoms with van der Waals surface area (Å²) in [4.78, 5) is 44.7. The van der Waals surface area contributed by atoms with Crippen molar-refractivity contribution in [2.75, 3.05) is 30.3 Å². The lowest BCUT2D eigenvalue weighted by atomic mass is 9.43. The SMILES string of the molecule is N#C[C@@H]1C[C@@H]1COc1nc(C(=O)CC23CC(C2)C3)cc(N2CCC(c3ncc(N)c(C(N)=O)n3)CC2)n1. The van der Waals surface area contributed by atoms with Crippen LogP contribution in [0.1, 0.15) is 77.7 Å². The third-order valence-electron chi connectivity index (χ3n) is 8.45. The highest BCUT2D eigenvalue weighted by Gasteiger charge is 2.57. The van der Waals surface area contributed by atoms with Gasteiger partial charge >= 0.3 is 6.01 Å². The third-order valence-corrected chi connectivity index (χ3v) is 8.45. The molecule has 0 aromatic carbocycles. The van der Waals surface area contributed by atoms with Crippen LogP contribution in [0.2, 0.25) is 0 Å². The van der Waals surface area contributed by atoms with Gasteiger partial charge in [0.25, 0.3) is 5.91 Å². The van der Waals surface area contributed by atoms with Crippen LogP contribution in [0.3, 0.4) is 0 Å². The first-order valence-electron chi connectivity index (χ1n) is 12.9. The Morgan fingerprint density at radius 1 is 1.19 bits per heavy atom. The number of carbonyl (C=O) groups excluding carboxylic acids is 2. The van der Waals surface area contributed by atoms with Crippen molar-refractivity contribution in [3.8, 4) is 12.1 Å². The highest BCUT2D eigenvalue weighted by Crippen LogP contribution is 2.66. The first-order valence-corrected chi connectivity index (χ1v) is 12.9.